The number of carbonyl (C=O) groups is 2. The number of carbonyl (C=O) groups excluding carboxylic acids is 2. The van der Waals surface area contributed by atoms with E-state index in [1.54, 1.807) is 54.6 Å². The van der Waals surface area contributed by atoms with E-state index in [4.69, 9.17) is 9.47 Å². The van der Waals surface area contributed by atoms with Crippen LogP contribution in [-0.2, 0) is 17.5 Å². The molecule has 5 rings (SSSR count). The predicted octanol–water partition coefficient (Wildman–Crippen LogP) is 4.61. The Balaban J connectivity index is 1.38. The normalized spacial score (nSPS) is 18.8. The first-order chi connectivity index (χ1) is 17.3. The molecule has 0 aromatic heterocycles. The van der Waals surface area contributed by atoms with Gasteiger partial charge in [0, 0.05) is 31.1 Å². The lowest BCUT2D eigenvalue weighted by Crippen LogP contribution is -2.35. The van der Waals surface area contributed by atoms with E-state index in [2.05, 4.69) is 5.32 Å². The molecule has 0 saturated carbocycles. The summed E-state index contributed by atoms with van der Waals surface area (Å²) in [7, 11) is 0. The van der Waals surface area contributed by atoms with Crippen LogP contribution in [0.25, 0.3) is 0 Å². The van der Waals surface area contributed by atoms with Gasteiger partial charge in [0.2, 0.25) is 12.7 Å². The lowest BCUT2D eigenvalue weighted by Gasteiger charge is -2.19. The number of nitrogens with one attached hydrogen (secondary N) is 1. The second-order valence-corrected chi connectivity index (χ2v) is 8.82. The molecule has 0 unspecified atom stereocenters. The van der Waals surface area contributed by atoms with Crippen LogP contribution in [0.5, 0.6) is 11.5 Å². The molecule has 1 fully saturated rings. The summed E-state index contributed by atoms with van der Waals surface area (Å²) >= 11 is 0. The third-order valence-electron chi connectivity index (χ3n) is 6.51. The lowest BCUT2D eigenvalue weighted by molar-refractivity contribution is -0.137. The highest BCUT2D eigenvalue weighted by atomic mass is 19.4. The van der Waals surface area contributed by atoms with Crippen LogP contribution >= 0.6 is 0 Å². The molecule has 0 spiro atoms. The molecule has 2 heterocycles. The van der Waals surface area contributed by atoms with Crippen molar-refractivity contribution in [3.8, 4) is 11.5 Å². The molecule has 2 atom stereocenters. The van der Waals surface area contributed by atoms with Crippen molar-refractivity contribution in [3.63, 3.8) is 0 Å². The van der Waals surface area contributed by atoms with Gasteiger partial charge in [-0.1, -0.05) is 42.5 Å². The second kappa shape index (κ2) is 9.56. The lowest BCUT2D eigenvalue weighted by atomic mass is 9.87. The standard InChI is InChI=1S/C27H23F3N2O4/c28-27(29,30)20-8-4-7-19(12-20)21-14-32(26(34)18-5-2-1-3-6-18)15-22(21)25(33)31-13-17-9-10-23-24(11-17)36-16-35-23/h1-12,21-22H,13-16H2,(H,31,33)/t21-,22+/m1/s1. The molecule has 1 N–H and O–H groups in total. The highest BCUT2D eigenvalue weighted by Crippen LogP contribution is 2.37. The van der Waals surface area contributed by atoms with Crippen molar-refractivity contribution in [3.05, 3.63) is 95.1 Å². The van der Waals surface area contributed by atoms with E-state index in [1.165, 1.54) is 11.0 Å². The van der Waals surface area contributed by atoms with E-state index >= 15 is 0 Å². The van der Waals surface area contributed by atoms with Crippen molar-refractivity contribution in [1.82, 2.24) is 10.2 Å². The fraction of sp³-hybridized carbons (Fsp3) is 0.259. The summed E-state index contributed by atoms with van der Waals surface area (Å²) in [5.74, 6) is -0.686. The molecule has 2 aliphatic heterocycles. The van der Waals surface area contributed by atoms with Gasteiger partial charge in [-0.25, -0.2) is 0 Å². The SMILES string of the molecule is O=C(NCc1ccc2c(c1)OCO2)[C@H]1CN(C(=O)c2ccccc2)C[C@@H]1c1cccc(C(F)(F)F)c1. The molecule has 1 saturated heterocycles. The number of benzene rings is 3. The minimum Gasteiger partial charge on any atom is -0.454 e. The second-order valence-electron chi connectivity index (χ2n) is 8.82. The number of fused-ring (bicyclic) bond motifs is 1. The van der Waals surface area contributed by atoms with E-state index in [0.29, 0.717) is 22.6 Å². The monoisotopic (exact) mass is 496 g/mol. The Morgan fingerprint density at radius 3 is 2.47 bits per heavy atom. The third-order valence-corrected chi connectivity index (χ3v) is 6.51. The van der Waals surface area contributed by atoms with Gasteiger partial charge in [-0.2, -0.15) is 13.2 Å². The number of likely N-dealkylation sites (tertiary alicyclic amines) is 1. The topological polar surface area (TPSA) is 67.9 Å². The quantitative estimate of drug-likeness (QED) is 0.561. The Morgan fingerprint density at radius 2 is 1.69 bits per heavy atom. The van der Waals surface area contributed by atoms with Gasteiger partial charge in [0.1, 0.15) is 0 Å². The van der Waals surface area contributed by atoms with Crippen molar-refractivity contribution in [2.45, 2.75) is 18.6 Å². The number of nitrogens with zero attached hydrogens (tertiary/aromatic N) is 1. The first kappa shape index (κ1) is 23.7. The first-order valence-electron chi connectivity index (χ1n) is 11.5. The summed E-state index contributed by atoms with van der Waals surface area (Å²) in [6.45, 7) is 0.573. The molecule has 36 heavy (non-hydrogen) atoms. The molecule has 0 aliphatic carbocycles. The molecule has 3 aromatic carbocycles. The van der Waals surface area contributed by atoms with E-state index in [0.717, 1.165) is 17.7 Å². The van der Waals surface area contributed by atoms with Crippen LogP contribution in [0.15, 0.2) is 72.8 Å². The molecular formula is C27H23F3N2O4. The van der Waals surface area contributed by atoms with Gasteiger partial charge in [0.15, 0.2) is 11.5 Å². The highest BCUT2D eigenvalue weighted by molar-refractivity contribution is 5.95. The maximum atomic E-state index is 13.4. The van der Waals surface area contributed by atoms with E-state index in [9.17, 15) is 22.8 Å². The van der Waals surface area contributed by atoms with Gasteiger partial charge < -0.3 is 19.7 Å². The fourth-order valence-electron chi connectivity index (χ4n) is 4.65. The van der Waals surface area contributed by atoms with Crippen molar-refractivity contribution < 1.29 is 32.2 Å². The molecule has 0 bridgehead atoms. The van der Waals surface area contributed by atoms with Crippen LogP contribution in [0, 0.1) is 5.92 Å². The van der Waals surface area contributed by atoms with Gasteiger partial charge in [0.05, 0.1) is 11.5 Å². The maximum Gasteiger partial charge on any atom is 0.416 e. The van der Waals surface area contributed by atoms with Crippen LogP contribution in [0.3, 0.4) is 0 Å². The van der Waals surface area contributed by atoms with Crippen LogP contribution in [0.2, 0.25) is 0 Å². The van der Waals surface area contributed by atoms with Crippen LogP contribution in [-0.4, -0.2) is 36.6 Å². The molecule has 6 nitrogen and oxygen atoms in total. The molecular weight excluding hydrogens is 473 g/mol. The summed E-state index contributed by atoms with van der Waals surface area (Å²) in [4.78, 5) is 27.9. The van der Waals surface area contributed by atoms with Gasteiger partial charge in [-0.3, -0.25) is 9.59 Å². The number of hydrogen-bond acceptors (Lipinski definition) is 4. The Kier molecular flexibility index (Phi) is 6.30. The minimum absolute atomic E-state index is 0.0988. The molecule has 2 aliphatic rings. The molecule has 0 radical (unpaired) electrons. The maximum absolute atomic E-state index is 13.4. The molecule has 3 aromatic rings. The Labute approximate surface area is 205 Å². The third kappa shape index (κ3) is 4.86. The average Bonchev–Trinajstić information content (AvgIpc) is 3.54. The Hall–Kier alpha value is -4.01. The summed E-state index contributed by atoms with van der Waals surface area (Å²) in [5, 5.41) is 2.88. The van der Waals surface area contributed by atoms with Crippen molar-refractivity contribution in [2.75, 3.05) is 19.9 Å². The van der Waals surface area contributed by atoms with Gasteiger partial charge >= 0.3 is 6.18 Å². The van der Waals surface area contributed by atoms with E-state index in [1.807, 2.05) is 0 Å². The first-order valence-corrected chi connectivity index (χ1v) is 11.5. The van der Waals surface area contributed by atoms with E-state index < -0.39 is 23.6 Å². The number of ether oxygens (including phenoxy) is 2. The van der Waals surface area contributed by atoms with Gasteiger partial charge in [-0.05, 0) is 41.5 Å². The summed E-state index contributed by atoms with van der Waals surface area (Å²) in [5.41, 5.74) is 0.837. The van der Waals surface area contributed by atoms with Crippen LogP contribution < -0.4 is 14.8 Å². The summed E-state index contributed by atoms with van der Waals surface area (Å²) in [6.07, 6.45) is -4.51. The van der Waals surface area contributed by atoms with Gasteiger partial charge in [-0.15, -0.1) is 0 Å². The van der Waals surface area contributed by atoms with Crippen molar-refractivity contribution in [1.29, 1.82) is 0 Å². The molecule has 9 heteroatoms. The zero-order valence-corrected chi connectivity index (χ0v) is 19.1. The smallest absolute Gasteiger partial charge is 0.416 e. The number of amides is 2. The van der Waals surface area contributed by atoms with Crippen LogP contribution in [0.1, 0.15) is 33.0 Å². The van der Waals surface area contributed by atoms with E-state index in [-0.39, 0.29) is 38.2 Å². The Morgan fingerprint density at radius 1 is 0.917 bits per heavy atom. The fourth-order valence-corrected chi connectivity index (χ4v) is 4.65. The average molecular weight is 496 g/mol. The zero-order valence-electron chi connectivity index (χ0n) is 19.1. The number of alkyl halides is 3. The number of hydrogen-bond donors (Lipinski definition) is 1. The summed E-state index contributed by atoms with van der Waals surface area (Å²) < 4.78 is 50.8. The largest absolute Gasteiger partial charge is 0.454 e. The minimum atomic E-state index is -4.51. The molecule has 2 amide bonds. The number of rotatable bonds is 5. The summed E-state index contributed by atoms with van der Waals surface area (Å²) in [6, 6.07) is 18.9. The number of halogens is 3. The molecule has 186 valence electrons. The van der Waals surface area contributed by atoms with Gasteiger partial charge in [0.25, 0.3) is 5.91 Å². The van der Waals surface area contributed by atoms with Crippen molar-refractivity contribution in [2.24, 2.45) is 5.92 Å². The van der Waals surface area contributed by atoms with Crippen LogP contribution in [0.4, 0.5) is 13.2 Å². The Bertz CT molecular complexity index is 1280. The highest BCUT2D eigenvalue weighted by Gasteiger charge is 2.41. The predicted molar refractivity (Wildman–Crippen MR) is 124 cm³/mol. The zero-order chi connectivity index (χ0) is 25.3. The van der Waals surface area contributed by atoms with Crippen molar-refractivity contribution >= 4 is 11.8 Å².